The lowest BCUT2D eigenvalue weighted by molar-refractivity contribution is 0.0660. The Morgan fingerprint density at radius 3 is 2.74 bits per heavy atom. The molecule has 0 aliphatic carbocycles. The van der Waals surface area contributed by atoms with Gasteiger partial charge >= 0.3 is 12.0 Å². The molecule has 0 radical (unpaired) electrons. The maximum atomic E-state index is 11.4. The molecule has 0 aromatic carbocycles. The van der Waals surface area contributed by atoms with Crippen LogP contribution in [0.5, 0.6) is 0 Å². The third-order valence-electron chi connectivity index (χ3n) is 2.09. The Balaban J connectivity index is 1.75. The van der Waals surface area contributed by atoms with Crippen molar-refractivity contribution in [1.29, 1.82) is 0 Å². The number of nitrogens with one attached hydrogen (secondary N) is 3. The highest BCUT2D eigenvalue weighted by Crippen LogP contribution is 2.07. The predicted molar refractivity (Wildman–Crippen MR) is 58.9 cm³/mol. The molecule has 2 heterocycles. The van der Waals surface area contributed by atoms with E-state index in [4.69, 9.17) is 9.52 Å². The summed E-state index contributed by atoms with van der Waals surface area (Å²) in [4.78, 5) is 22.0. The van der Waals surface area contributed by atoms with Gasteiger partial charge in [-0.15, -0.1) is 10.2 Å². The molecule has 10 nitrogen and oxygen atoms in total. The number of amides is 2. The molecule has 0 bridgehead atoms. The number of nitrogens with zero attached hydrogens (tertiary/aromatic N) is 3. The van der Waals surface area contributed by atoms with E-state index in [1.54, 1.807) is 0 Å². The molecule has 0 unspecified atom stereocenters. The van der Waals surface area contributed by atoms with Gasteiger partial charge in [0.2, 0.25) is 5.76 Å². The van der Waals surface area contributed by atoms with Gasteiger partial charge in [0.15, 0.2) is 5.82 Å². The Hall–Kier alpha value is -2.91. The van der Waals surface area contributed by atoms with Crippen molar-refractivity contribution >= 4 is 12.0 Å². The molecule has 2 amide bonds. The van der Waals surface area contributed by atoms with Gasteiger partial charge in [-0.3, -0.25) is 0 Å². The first-order chi connectivity index (χ1) is 9.15. The van der Waals surface area contributed by atoms with Gasteiger partial charge < -0.3 is 20.2 Å². The molecule has 0 aliphatic heterocycles. The summed E-state index contributed by atoms with van der Waals surface area (Å²) in [6, 6.07) is 2.33. The average Bonchev–Trinajstić information content (AvgIpc) is 3.05. The molecule has 0 spiro atoms. The number of carboxylic acids is 1. The Labute approximate surface area is 106 Å². The molecule has 2 aromatic heterocycles. The first-order valence-corrected chi connectivity index (χ1v) is 5.21. The second kappa shape index (κ2) is 5.62. The van der Waals surface area contributed by atoms with E-state index in [9.17, 15) is 9.59 Å². The lowest BCUT2D eigenvalue weighted by atomic mass is 10.4. The number of carbonyl (C=O) groups excluding carboxylic acids is 1. The molecule has 2 rings (SSSR count). The van der Waals surface area contributed by atoms with Crippen LogP contribution in [0.1, 0.15) is 22.1 Å². The molecule has 19 heavy (non-hydrogen) atoms. The van der Waals surface area contributed by atoms with Crippen LogP contribution in [0.2, 0.25) is 0 Å². The van der Waals surface area contributed by atoms with Crippen LogP contribution in [0, 0.1) is 0 Å². The minimum absolute atomic E-state index is 0.0748. The van der Waals surface area contributed by atoms with E-state index in [1.165, 1.54) is 12.1 Å². The Morgan fingerprint density at radius 2 is 2.11 bits per heavy atom. The monoisotopic (exact) mass is 266 g/mol. The third kappa shape index (κ3) is 3.52. The summed E-state index contributed by atoms with van der Waals surface area (Å²) in [5, 5.41) is 26.5. The number of carboxylic acid groups (broad SMARTS) is 1. The number of carbonyl (C=O) groups is 2. The normalized spacial score (nSPS) is 10.1. The zero-order valence-electron chi connectivity index (χ0n) is 9.58. The summed E-state index contributed by atoms with van der Waals surface area (Å²) in [7, 11) is 0. The van der Waals surface area contributed by atoms with E-state index < -0.39 is 12.0 Å². The van der Waals surface area contributed by atoms with Gasteiger partial charge in [-0.1, -0.05) is 5.21 Å². The van der Waals surface area contributed by atoms with Crippen LogP contribution in [0.25, 0.3) is 0 Å². The quantitative estimate of drug-likeness (QED) is 0.570. The van der Waals surface area contributed by atoms with Crippen molar-refractivity contribution in [3.63, 3.8) is 0 Å². The van der Waals surface area contributed by atoms with Gasteiger partial charge in [-0.05, 0) is 12.1 Å². The fraction of sp³-hybridized carbons (Fsp3) is 0.222. The van der Waals surface area contributed by atoms with E-state index in [0.717, 1.165) is 0 Å². The highest BCUT2D eigenvalue weighted by atomic mass is 16.4. The molecular weight excluding hydrogens is 256 g/mol. The van der Waals surface area contributed by atoms with E-state index in [1.807, 2.05) is 0 Å². The minimum atomic E-state index is -1.16. The predicted octanol–water partition coefficient (Wildman–Crippen LogP) is -0.510. The topological polar surface area (TPSA) is 146 Å². The van der Waals surface area contributed by atoms with Gasteiger partial charge in [0.05, 0.1) is 13.1 Å². The van der Waals surface area contributed by atoms with Crippen LogP contribution >= 0.6 is 0 Å². The summed E-state index contributed by atoms with van der Waals surface area (Å²) >= 11 is 0. The minimum Gasteiger partial charge on any atom is -0.475 e. The van der Waals surface area contributed by atoms with Crippen LogP contribution < -0.4 is 10.6 Å². The van der Waals surface area contributed by atoms with Crippen LogP contribution in [0.4, 0.5) is 4.79 Å². The van der Waals surface area contributed by atoms with Gasteiger partial charge in [0.1, 0.15) is 5.76 Å². The van der Waals surface area contributed by atoms with E-state index >= 15 is 0 Å². The molecule has 0 saturated heterocycles. The number of aromatic amines is 1. The van der Waals surface area contributed by atoms with Crippen molar-refractivity contribution in [3.05, 3.63) is 29.5 Å². The largest absolute Gasteiger partial charge is 0.475 e. The number of hydrogen-bond acceptors (Lipinski definition) is 6. The summed E-state index contributed by atoms with van der Waals surface area (Å²) in [5.41, 5.74) is 0. The highest BCUT2D eigenvalue weighted by Gasteiger charge is 2.09. The number of H-pyrrole nitrogens is 1. The zero-order chi connectivity index (χ0) is 13.7. The SMILES string of the molecule is O=C(NCc1nn[nH]n1)NCc1ccc(C(=O)O)o1. The summed E-state index contributed by atoms with van der Waals surface area (Å²) in [5.74, 6) is -0.648. The molecule has 4 N–H and O–H groups in total. The Kier molecular flexibility index (Phi) is 3.71. The Bertz CT molecular complexity index is 563. The van der Waals surface area contributed by atoms with Gasteiger partial charge in [-0.25, -0.2) is 9.59 Å². The van der Waals surface area contributed by atoms with Crippen LogP contribution in [-0.4, -0.2) is 37.7 Å². The van der Waals surface area contributed by atoms with Crippen molar-refractivity contribution < 1.29 is 19.1 Å². The number of urea groups is 1. The number of tetrazole rings is 1. The smallest absolute Gasteiger partial charge is 0.371 e. The lowest BCUT2D eigenvalue weighted by Crippen LogP contribution is -2.34. The second-order valence-corrected chi connectivity index (χ2v) is 3.44. The molecule has 100 valence electrons. The van der Waals surface area contributed by atoms with Crippen LogP contribution in [0.3, 0.4) is 0 Å². The summed E-state index contributed by atoms with van der Waals surface area (Å²) in [6.07, 6.45) is 0. The maximum Gasteiger partial charge on any atom is 0.371 e. The van der Waals surface area contributed by atoms with E-state index in [2.05, 4.69) is 31.3 Å². The zero-order valence-corrected chi connectivity index (χ0v) is 9.58. The molecule has 0 fully saturated rings. The standard InChI is InChI=1S/C9H10N6O4/c16-8(17)6-2-1-5(19-6)3-10-9(18)11-4-7-12-14-15-13-7/h1-2H,3-4H2,(H,16,17)(H2,10,11,18)(H,12,13,14,15). The number of rotatable bonds is 5. The van der Waals surface area contributed by atoms with Crippen molar-refractivity contribution in [2.75, 3.05) is 0 Å². The lowest BCUT2D eigenvalue weighted by Gasteiger charge is -2.03. The number of hydrogen-bond donors (Lipinski definition) is 4. The number of furan rings is 1. The summed E-state index contributed by atoms with van der Waals surface area (Å²) in [6.45, 7) is 0.201. The number of aromatic nitrogens is 4. The molecule has 0 saturated carbocycles. The van der Waals surface area contributed by atoms with E-state index in [0.29, 0.717) is 11.6 Å². The van der Waals surface area contributed by atoms with Crippen molar-refractivity contribution in [3.8, 4) is 0 Å². The fourth-order valence-corrected chi connectivity index (χ4v) is 1.23. The highest BCUT2D eigenvalue weighted by molar-refractivity contribution is 5.84. The van der Waals surface area contributed by atoms with Crippen molar-refractivity contribution in [1.82, 2.24) is 31.3 Å². The molecule has 2 aromatic rings. The first-order valence-electron chi connectivity index (χ1n) is 5.21. The van der Waals surface area contributed by atoms with Gasteiger partial charge in [-0.2, -0.15) is 5.21 Å². The fourth-order valence-electron chi connectivity index (χ4n) is 1.23. The van der Waals surface area contributed by atoms with Crippen LogP contribution in [0.15, 0.2) is 16.5 Å². The summed E-state index contributed by atoms with van der Waals surface area (Å²) < 4.78 is 4.96. The van der Waals surface area contributed by atoms with E-state index in [-0.39, 0.29) is 18.8 Å². The Morgan fingerprint density at radius 1 is 1.32 bits per heavy atom. The molecular formula is C9H10N6O4. The van der Waals surface area contributed by atoms with Gasteiger partial charge in [0, 0.05) is 0 Å². The van der Waals surface area contributed by atoms with Gasteiger partial charge in [0.25, 0.3) is 0 Å². The van der Waals surface area contributed by atoms with Crippen LogP contribution in [-0.2, 0) is 13.1 Å². The second-order valence-electron chi connectivity index (χ2n) is 3.44. The van der Waals surface area contributed by atoms with Crippen molar-refractivity contribution in [2.45, 2.75) is 13.1 Å². The van der Waals surface area contributed by atoms with Crippen molar-refractivity contribution in [2.24, 2.45) is 0 Å². The third-order valence-corrected chi connectivity index (χ3v) is 2.09. The molecule has 10 heteroatoms. The molecule has 0 aliphatic rings. The first kappa shape index (κ1) is 12.5. The number of aromatic carboxylic acids is 1. The molecule has 0 atom stereocenters. The maximum absolute atomic E-state index is 11.4. The average molecular weight is 266 g/mol.